The topological polar surface area (TPSA) is 85.1 Å². The molecular weight excluding hydrogens is 328 g/mol. The Labute approximate surface area is 142 Å². The van der Waals surface area contributed by atoms with Gasteiger partial charge in [-0.25, -0.2) is 18.7 Å². The molecule has 0 saturated carbocycles. The molecule has 1 heterocycles. The number of rotatable bonds is 5. The van der Waals surface area contributed by atoms with Crippen LogP contribution in [0.15, 0.2) is 48.8 Å². The van der Waals surface area contributed by atoms with Crippen LogP contribution in [0.1, 0.15) is 0 Å². The van der Waals surface area contributed by atoms with Crippen LogP contribution in [-0.4, -0.2) is 17.1 Å². The number of nitrogens with one attached hydrogen (secondary N) is 2. The summed E-state index contributed by atoms with van der Waals surface area (Å²) in [7, 11) is 1.58. The Balaban J connectivity index is 1.83. The van der Waals surface area contributed by atoms with Gasteiger partial charge in [-0.3, -0.25) is 0 Å². The van der Waals surface area contributed by atoms with Gasteiger partial charge in [0.25, 0.3) is 0 Å². The molecule has 1 aromatic heterocycles. The minimum Gasteiger partial charge on any atom is -0.497 e. The van der Waals surface area contributed by atoms with Gasteiger partial charge >= 0.3 is 0 Å². The highest BCUT2D eigenvalue weighted by Gasteiger charge is 2.11. The Kier molecular flexibility index (Phi) is 4.60. The largest absolute Gasteiger partial charge is 0.497 e. The monoisotopic (exact) mass is 343 g/mol. The van der Waals surface area contributed by atoms with Crippen molar-refractivity contribution in [2.75, 3.05) is 23.5 Å². The van der Waals surface area contributed by atoms with E-state index in [0.717, 1.165) is 23.6 Å². The van der Waals surface area contributed by atoms with Crippen molar-refractivity contribution < 1.29 is 13.5 Å². The summed E-state index contributed by atoms with van der Waals surface area (Å²) in [6.45, 7) is 0. The van der Waals surface area contributed by atoms with Crippen LogP contribution in [0.3, 0.4) is 0 Å². The summed E-state index contributed by atoms with van der Waals surface area (Å²) in [5.41, 5.74) is 7.04. The molecule has 0 aliphatic heterocycles. The lowest BCUT2D eigenvalue weighted by Gasteiger charge is -2.13. The van der Waals surface area contributed by atoms with E-state index in [1.54, 1.807) is 31.4 Å². The molecule has 0 radical (unpaired) electrons. The minimum atomic E-state index is -0.748. The Morgan fingerprint density at radius 1 is 0.960 bits per heavy atom. The zero-order chi connectivity index (χ0) is 17.8. The minimum absolute atomic E-state index is 0.0576. The number of hydrogen-bond acceptors (Lipinski definition) is 6. The molecule has 8 heteroatoms. The van der Waals surface area contributed by atoms with Gasteiger partial charge in [0, 0.05) is 11.8 Å². The molecule has 0 aliphatic rings. The van der Waals surface area contributed by atoms with Crippen LogP contribution in [0.2, 0.25) is 0 Å². The first kappa shape index (κ1) is 16.4. The third kappa shape index (κ3) is 3.74. The number of aromatic nitrogens is 2. The molecule has 0 spiro atoms. The van der Waals surface area contributed by atoms with E-state index in [1.165, 1.54) is 12.4 Å². The number of anilines is 5. The smallest absolute Gasteiger partial charge is 0.159 e. The molecule has 0 saturated heterocycles. The second-order valence-corrected chi connectivity index (χ2v) is 5.09. The van der Waals surface area contributed by atoms with E-state index < -0.39 is 11.6 Å². The molecule has 3 rings (SSSR count). The van der Waals surface area contributed by atoms with Crippen LogP contribution in [0.5, 0.6) is 5.75 Å². The standard InChI is InChI=1S/C17H15F2N5O/c1-25-12-5-3-11(4-6-12)23-16-15(20)17(22-9-21-16)24-14-7-2-10(18)8-13(14)19/h2-9H,20H2,1H3,(H2,21,22,23,24). The number of nitrogens with zero attached hydrogens (tertiary/aromatic N) is 2. The molecule has 0 fully saturated rings. The first-order valence-corrected chi connectivity index (χ1v) is 7.30. The summed E-state index contributed by atoms with van der Waals surface area (Å²) < 4.78 is 31.9. The van der Waals surface area contributed by atoms with Crippen LogP contribution in [0.4, 0.5) is 37.5 Å². The highest BCUT2D eigenvalue weighted by molar-refractivity contribution is 5.80. The van der Waals surface area contributed by atoms with Gasteiger partial charge in [0.2, 0.25) is 0 Å². The van der Waals surface area contributed by atoms with Gasteiger partial charge < -0.3 is 21.1 Å². The molecule has 2 aromatic carbocycles. The number of hydrogen-bond donors (Lipinski definition) is 3. The Morgan fingerprint density at radius 3 is 2.28 bits per heavy atom. The Bertz CT molecular complexity index is 887. The second-order valence-electron chi connectivity index (χ2n) is 5.09. The van der Waals surface area contributed by atoms with E-state index in [0.29, 0.717) is 5.82 Å². The molecule has 0 bridgehead atoms. The van der Waals surface area contributed by atoms with Gasteiger partial charge in [0.15, 0.2) is 11.6 Å². The molecule has 0 amide bonds. The fourth-order valence-corrected chi connectivity index (χ4v) is 2.12. The molecule has 3 aromatic rings. The molecule has 4 N–H and O–H groups in total. The SMILES string of the molecule is COc1ccc(Nc2ncnc(Nc3ccc(F)cc3F)c2N)cc1. The lowest BCUT2D eigenvalue weighted by atomic mass is 10.2. The predicted molar refractivity (Wildman–Crippen MR) is 92.4 cm³/mol. The van der Waals surface area contributed by atoms with E-state index in [-0.39, 0.29) is 17.2 Å². The normalized spacial score (nSPS) is 10.4. The third-order valence-electron chi connectivity index (χ3n) is 3.42. The Morgan fingerprint density at radius 2 is 1.64 bits per heavy atom. The van der Waals surface area contributed by atoms with Crippen LogP contribution >= 0.6 is 0 Å². The van der Waals surface area contributed by atoms with E-state index in [9.17, 15) is 8.78 Å². The number of methoxy groups -OCH3 is 1. The number of halogens is 2. The Hall–Kier alpha value is -3.42. The summed E-state index contributed by atoms with van der Waals surface area (Å²) in [6, 6.07) is 10.3. The highest BCUT2D eigenvalue weighted by atomic mass is 19.1. The number of benzene rings is 2. The lowest BCUT2D eigenvalue weighted by Crippen LogP contribution is -2.06. The lowest BCUT2D eigenvalue weighted by molar-refractivity contribution is 0.415. The number of nitrogen functional groups attached to an aromatic ring is 1. The van der Waals surface area contributed by atoms with Crippen molar-refractivity contribution in [3.8, 4) is 5.75 Å². The van der Waals surface area contributed by atoms with Crippen LogP contribution < -0.4 is 21.1 Å². The van der Waals surface area contributed by atoms with Crippen LogP contribution in [0, 0.1) is 11.6 Å². The average molecular weight is 343 g/mol. The van der Waals surface area contributed by atoms with Crippen molar-refractivity contribution in [2.45, 2.75) is 0 Å². The van der Waals surface area contributed by atoms with Crippen LogP contribution in [0.25, 0.3) is 0 Å². The fourth-order valence-electron chi connectivity index (χ4n) is 2.12. The zero-order valence-corrected chi connectivity index (χ0v) is 13.3. The van der Waals surface area contributed by atoms with Gasteiger partial charge in [0.05, 0.1) is 12.8 Å². The average Bonchev–Trinajstić information content (AvgIpc) is 2.61. The molecule has 0 unspecified atom stereocenters. The first-order chi connectivity index (χ1) is 12.1. The van der Waals surface area contributed by atoms with E-state index >= 15 is 0 Å². The second kappa shape index (κ2) is 7.00. The number of ether oxygens (including phenoxy) is 1. The first-order valence-electron chi connectivity index (χ1n) is 7.30. The summed E-state index contributed by atoms with van der Waals surface area (Å²) in [5, 5.41) is 5.78. The summed E-state index contributed by atoms with van der Waals surface area (Å²) in [6.07, 6.45) is 1.28. The van der Waals surface area contributed by atoms with Crippen molar-refractivity contribution in [1.82, 2.24) is 9.97 Å². The molecular formula is C17H15F2N5O. The highest BCUT2D eigenvalue weighted by Crippen LogP contribution is 2.29. The van der Waals surface area contributed by atoms with E-state index in [1.807, 2.05) is 0 Å². The third-order valence-corrected chi connectivity index (χ3v) is 3.42. The number of nitrogens with two attached hydrogens (primary N) is 1. The summed E-state index contributed by atoms with van der Waals surface area (Å²) in [5.74, 6) is -0.139. The van der Waals surface area contributed by atoms with Crippen LogP contribution in [-0.2, 0) is 0 Å². The van der Waals surface area contributed by atoms with Gasteiger partial charge in [0.1, 0.15) is 29.4 Å². The van der Waals surface area contributed by atoms with Gasteiger partial charge in [-0.2, -0.15) is 0 Å². The van der Waals surface area contributed by atoms with Crippen molar-refractivity contribution in [3.63, 3.8) is 0 Å². The molecule has 0 atom stereocenters. The quantitative estimate of drug-likeness (QED) is 0.653. The molecule has 25 heavy (non-hydrogen) atoms. The molecule has 128 valence electrons. The van der Waals surface area contributed by atoms with E-state index in [4.69, 9.17) is 10.5 Å². The van der Waals surface area contributed by atoms with Gasteiger partial charge in [-0.05, 0) is 36.4 Å². The summed E-state index contributed by atoms with van der Waals surface area (Å²) in [4.78, 5) is 8.08. The van der Waals surface area contributed by atoms with Crippen molar-refractivity contribution in [2.24, 2.45) is 0 Å². The van der Waals surface area contributed by atoms with Gasteiger partial charge in [-0.15, -0.1) is 0 Å². The predicted octanol–water partition coefficient (Wildman–Crippen LogP) is 3.83. The van der Waals surface area contributed by atoms with E-state index in [2.05, 4.69) is 20.6 Å². The van der Waals surface area contributed by atoms with Crippen molar-refractivity contribution >= 4 is 28.7 Å². The summed E-state index contributed by atoms with van der Waals surface area (Å²) >= 11 is 0. The van der Waals surface area contributed by atoms with Crippen molar-refractivity contribution in [3.05, 3.63) is 60.4 Å². The molecule has 6 nitrogen and oxygen atoms in total. The fraction of sp³-hybridized carbons (Fsp3) is 0.0588. The maximum atomic E-state index is 13.8. The maximum absolute atomic E-state index is 13.8. The van der Waals surface area contributed by atoms with Crippen molar-refractivity contribution in [1.29, 1.82) is 0 Å². The molecule has 0 aliphatic carbocycles. The maximum Gasteiger partial charge on any atom is 0.159 e. The van der Waals surface area contributed by atoms with Gasteiger partial charge in [-0.1, -0.05) is 0 Å². The zero-order valence-electron chi connectivity index (χ0n) is 13.3.